The molecule has 0 saturated carbocycles. The monoisotopic (exact) mass is 390 g/mol. The molecule has 28 heavy (non-hydrogen) atoms. The number of pyridine rings is 1. The molecular weight excluding hydrogens is 368 g/mol. The van der Waals surface area contributed by atoms with Crippen molar-refractivity contribution >= 4 is 22.5 Å². The van der Waals surface area contributed by atoms with Crippen molar-refractivity contribution in [2.24, 2.45) is 0 Å². The highest BCUT2D eigenvalue weighted by Crippen LogP contribution is 2.29. The Balaban J connectivity index is 1.71. The van der Waals surface area contributed by atoms with E-state index in [2.05, 4.69) is 60.7 Å². The zero-order valence-corrected chi connectivity index (χ0v) is 17.1. The normalized spacial score (nSPS) is 11.1. The van der Waals surface area contributed by atoms with Gasteiger partial charge in [0, 0.05) is 28.8 Å². The van der Waals surface area contributed by atoms with E-state index in [9.17, 15) is 0 Å². The second kappa shape index (κ2) is 7.69. The first-order valence-corrected chi connectivity index (χ1v) is 9.78. The third-order valence-corrected chi connectivity index (χ3v) is 5.52. The van der Waals surface area contributed by atoms with E-state index in [1.807, 2.05) is 30.5 Å². The van der Waals surface area contributed by atoms with Crippen LogP contribution in [0.2, 0.25) is 5.02 Å². The molecule has 0 N–H and O–H groups in total. The first-order chi connectivity index (χ1) is 13.5. The maximum absolute atomic E-state index is 6.05. The van der Waals surface area contributed by atoms with Crippen LogP contribution in [0.1, 0.15) is 28.1 Å². The maximum atomic E-state index is 6.05. The van der Waals surface area contributed by atoms with E-state index in [0.717, 1.165) is 28.5 Å². The number of rotatable bonds is 5. The summed E-state index contributed by atoms with van der Waals surface area (Å²) in [7, 11) is 0. The molecule has 2 heterocycles. The lowest BCUT2D eigenvalue weighted by Crippen LogP contribution is -2.06. The SMILES string of the molecule is Cc1ccc(OCc2nccc3c(C)c(C)n(Cc4ccc(Cl)cc4)c23)cc1. The molecule has 0 aliphatic carbocycles. The summed E-state index contributed by atoms with van der Waals surface area (Å²) >= 11 is 6.05. The van der Waals surface area contributed by atoms with E-state index in [1.165, 1.54) is 27.8 Å². The topological polar surface area (TPSA) is 27.1 Å². The minimum Gasteiger partial charge on any atom is -0.487 e. The maximum Gasteiger partial charge on any atom is 0.132 e. The average Bonchev–Trinajstić information content (AvgIpc) is 2.95. The van der Waals surface area contributed by atoms with Crippen molar-refractivity contribution in [2.45, 2.75) is 33.9 Å². The molecule has 0 radical (unpaired) electrons. The molecule has 0 aliphatic heterocycles. The summed E-state index contributed by atoms with van der Waals surface area (Å²) in [6, 6.07) is 18.2. The second-order valence-corrected chi connectivity index (χ2v) is 7.61. The van der Waals surface area contributed by atoms with E-state index >= 15 is 0 Å². The average molecular weight is 391 g/mol. The van der Waals surface area contributed by atoms with Crippen molar-refractivity contribution in [1.82, 2.24) is 9.55 Å². The Bertz CT molecular complexity index is 1110. The molecule has 0 aliphatic rings. The summed E-state index contributed by atoms with van der Waals surface area (Å²) in [4.78, 5) is 4.64. The molecule has 4 heteroatoms. The molecule has 3 nitrogen and oxygen atoms in total. The summed E-state index contributed by atoms with van der Waals surface area (Å²) in [6.07, 6.45) is 1.87. The van der Waals surface area contributed by atoms with Gasteiger partial charge in [-0.1, -0.05) is 41.4 Å². The van der Waals surface area contributed by atoms with E-state index < -0.39 is 0 Å². The minimum atomic E-state index is 0.434. The lowest BCUT2D eigenvalue weighted by Gasteiger charge is -2.12. The smallest absolute Gasteiger partial charge is 0.132 e. The van der Waals surface area contributed by atoms with Gasteiger partial charge in [0.25, 0.3) is 0 Å². The molecule has 4 aromatic rings. The predicted molar refractivity (Wildman–Crippen MR) is 115 cm³/mol. The molecule has 0 unspecified atom stereocenters. The van der Waals surface area contributed by atoms with E-state index in [-0.39, 0.29) is 0 Å². The number of ether oxygens (including phenoxy) is 1. The molecule has 142 valence electrons. The lowest BCUT2D eigenvalue weighted by molar-refractivity contribution is 0.302. The zero-order valence-electron chi connectivity index (χ0n) is 16.4. The first kappa shape index (κ1) is 18.6. The van der Waals surface area contributed by atoms with Crippen LogP contribution in [0, 0.1) is 20.8 Å². The summed E-state index contributed by atoms with van der Waals surface area (Å²) < 4.78 is 8.36. The van der Waals surface area contributed by atoms with Gasteiger partial charge in [-0.15, -0.1) is 0 Å². The van der Waals surface area contributed by atoms with Crippen LogP contribution in [0.4, 0.5) is 0 Å². The van der Waals surface area contributed by atoms with Crippen molar-refractivity contribution in [3.05, 3.63) is 93.9 Å². The number of benzene rings is 2. The summed E-state index contributed by atoms with van der Waals surface area (Å²) in [6.45, 7) is 7.61. The fourth-order valence-corrected chi connectivity index (χ4v) is 3.65. The Hall–Kier alpha value is -2.78. The third-order valence-electron chi connectivity index (χ3n) is 5.27. The van der Waals surface area contributed by atoms with E-state index in [0.29, 0.717) is 6.61 Å². The van der Waals surface area contributed by atoms with Gasteiger partial charge in [0.2, 0.25) is 0 Å². The standard InChI is InChI=1S/C24H23ClN2O/c1-16-4-10-21(11-5-16)28-15-23-24-22(12-13-26-23)17(2)18(3)27(24)14-19-6-8-20(25)9-7-19/h4-13H,14-15H2,1-3H3. The summed E-state index contributed by atoms with van der Waals surface area (Å²) in [5, 5.41) is 1.98. The highest BCUT2D eigenvalue weighted by molar-refractivity contribution is 6.30. The highest BCUT2D eigenvalue weighted by atomic mass is 35.5. The third kappa shape index (κ3) is 3.63. The molecule has 0 fully saturated rings. The van der Waals surface area contributed by atoms with E-state index in [4.69, 9.17) is 16.3 Å². The zero-order chi connectivity index (χ0) is 19.7. The Morgan fingerprint density at radius 2 is 1.64 bits per heavy atom. The fraction of sp³-hybridized carbons (Fsp3) is 0.208. The van der Waals surface area contributed by atoms with Gasteiger partial charge in [-0.3, -0.25) is 4.98 Å². The van der Waals surface area contributed by atoms with Gasteiger partial charge >= 0.3 is 0 Å². The lowest BCUT2D eigenvalue weighted by atomic mass is 10.1. The van der Waals surface area contributed by atoms with Crippen LogP contribution in [-0.4, -0.2) is 9.55 Å². The van der Waals surface area contributed by atoms with Crippen LogP contribution in [0.15, 0.2) is 60.8 Å². The largest absolute Gasteiger partial charge is 0.487 e. The Morgan fingerprint density at radius 1 is 0.929 bits per heavy atom. The van der Waals surface area contributed by atoms with Crippen molar-refractivity contribution in [3.8, 4) is 5.75 Å². The second-order valence-electron chi connectivity index (χ2n) is 7.18. The number of fused-ring (bicyclic) bond motifs is 1. The predicted octanol–water partition coefficient (Wildman–Crippen LogP) is 6.24. The summed E-state index contributed by atoms with van der Waals surface area (Å²) in [5.74, 6) is 0.855. The van der Waals surface area contributed by atoms with Crippen LogP contribution in [0.25, 0.3) is 10.9 Å². The Labute approximate surface area is 170 Å². The van der Waals surface area contributed by atoms with Crippen LogP contribution >= 0.6 is 11.6 Å². The minimum absolute atomic E-state index is 0.434. The fourth-order valence-electron chi connectivity index (χ4n) is 3.53. The Kier molecular flexibility index (Phi) is 5.10. The van der Waals surface area contributed by atoms with Crippen molar-refractivity contribution in [2.75, 3.05) is 0 Å². The molecule has 2 aromatic carbocycles. The van der Waals surface area contributed by atoms with Gasteiger partial charge < -0.3 is 9.30 Å². The Morgan fingerprint density at radius 3 is 2.36 bits per heavy atom. The molecule has 0 spiro atoms. The van der Waals surface area contributed by atoms with Crippen molar-refractivity contribution in [1.29, 1.82) is 0 Å². The number of halogens is 1. The molecule has 0 saturated heterocycles. The van der Waals surface area contributed by atoms with E-state index in [1.54, 1.807) is 0 Å². The van der Waals surface area contributed by atoms with Gasteiger partial charge in [-0.25, -0.2) is 0 Å². The number of nitrogens with zero attached hydrogens (tertiary/aromatic N) is 2. The van der Waals surface area contributed by atoms with Crippen molar-refractivity contribution < 1.29 is 4.74 Å². The highest BCUT2D eigenvalue weighted by Gasteiger charge is 2.16. The van der Waals surface area contributed by atoms with Crippen LogP contribution in [-0.2, 0) is 13.2 Å². The molecule has 0 atom stereocenters. The molecule has 4 rings (SSSR count). The van der Waals surface area contributed by atoms with Crippen LogP contribution in [0.5, 0.6) is 5.75 Å². The van der Waals surface area contributed by atoms with Crippen LogP contribution < -0.4 is 4.74 Å². The first-order valence-electron chi connectivity index (χ1n) is 9.40. The van der Waals surface area contributed by atoms with Gasteiger partial charge in [-0.05, 0) is 62.2 Å². The number of hydrogen-bond acceptors (Lipinski definition) is 2. The number of aryl methyl sites for hydroxylation is 2. The van der Waals surface area contributed by atoms with Crippen LogP contribution in [0.3, 0.4) is 0 Å². The molecule has 0 bridgehead atoms. The quantitative estimate of drug-likeness (QED) is 0.403. The van der Waals surface area contributed by atoms with Gasteiger partial charge in [-0.2, -0.15) is 0 Å². The van der Waals surface area contributed by atoms with Gasteiger partial charge in [0.1, 0.15) is 18.1 Å². The van der Waals surface area contributed by atoms with Crippen molar-refractivity contribution in [3.63, 3.8) is 0 Å². The number of hydrogen-bond donors (Lipinski definition) is 0. The molecule has 2 aromatic heterocycles. The molecular formula is C24H23ClN2O. The summed E-state index contributed by atoms with van der Waals surface area (Å²) in [5.41, 5.74) is 7.04. The van der Waals surface area contributed by atoms with Gasteiger partial charge in [0.05, 0.1) is 5.52 Å². The van der Waals surface area contributed by atoms with Gasteiger partial charge in [0.15, 0.2) is 0 Å². The number of aromatic nitrogens is 2. The molecule has 0 amide bonds.